The highest BCUT2D eigenvalue weighted by molar-refractivity contribution is 6.03. The first-order valence-electron chi connectivity index (χ1n) is 6.70. The predicted octanol–water partition coefficient (Wildman–Crippen LogP) is 2.21. The predicted molar refractivity (Wildman–Crippen MR) is 83.8 cm³/mol. The number of hydrogen-bond acceptors (Lipinski definition) is 7. The zero-order chi connectivity index (χ0) is 17.1. The van der Waals surface area contributed by atoms with E-state index in [9.17, 15) is 20.0 Å². The summed E-state index contributed by atoms with van der Waals surface area (Å²) in [6.45, 7) is 0. The van der Waals surface area contributed by atoms with Crippen LogP contribution in [0.4, 0.5) is 5.69 Å². The van der Waals surface area contributed by atoms with Gasteiger partial charge in [0.2, 0.25) is 5.75 Å². The van der Waals surface area contributed by atoms with Crippen LogP contribution >= 0.6 is 0 Å². The minimum atomic E-state index is -0.720. The van der Waals surface area contributed by atoms with Crippen molar-refractivity contribution in [2.45, 2.75) is 0 Å². The largest absolute Gasteiger partial charge is 0.501 e. The number of rotatable bonds is 4. The second-order valence-electron chi connectivity index (χ2n) is 4.67. The number of nitro benzene ring substituents is 1. The maximum absolute atomic E-state index is 11.7. The molecule has 0 spiro atoms. The summed E-state index contributed by atoms with van der Waals surface area (Å²) in [6, 6.07) is 7.42. The number of amides is 1. The van der Waals surface area contributed by atoms with Gasteiger partial charge in [-0.3, -0.25) is 19.9 Å². The molecule has 0 fully saturated rings. The van der Waals surface area contributed by atoms with Crippen molar-refractivity contribution < 1.29 is 19.2 Å². The van der Waals surface area contributed by atoms with Crippen molar-refractivity contribution in [3.05, 3.63) is 64.2 Å². The third kappa shape index (κ3) is 2.77. The molecule has 1 aromatic carbocycles. The van der Waals surface area contributed by atoms with Crippen LogP contribution in [-0.2, 0) is 0 Å². The lowest BCUT2D eigenvalue weighted by molar-refractivity contribution is -0.385. The second kappa shape index (κ2) is 6.16. The number of aromatic hydroxyl groups is 1. The Morgan fingerprint density at radius 1 is 1.42 bits per heavy atom. The van der Waals surface area contributed by atoms with E-state index in [0.29, 0.717) is 10.9 Å². The Morgan fingerprint density at radius 2 is 2.25 bits per heavy atom. The molecule has 0 aliphatic heterocycles. The van der Waals surface area contributed by atoms with Crippen LogP contribution in [0.3, 0.4) is 0 Å². The quantitative estimate of drug-likeness (QED) is 0.429. The third-order valence-corrected chi connectivity index (χ3v) is 3.19. The van der Waals surface area contributed by atoms with Crippen LogP contribution in [0.5, 0.6) is 5.75 Å². The zero-order valence-electron chi connectivity index (χ0n) is 12.0. The van der Waals surface area contributed by atoms with E-state index in [1.54, 1.807) is 18.2 Å². The van der Waals surface area contributed by atoms with Crippen LogP contribution in [0.25, 0.3) is 10.9 Å². The van der Waals surface area contributed by atoms with Crippen molar-refractivity contribution in [3.8, 4) is 5.75 Å². The summed E-state index contributed by atoms with van der Waals surface area (Å²) in [7, 11) is 0. The number of fused-ring (bicyclic) bond motifs is 1. The monoisotopic (exact) mass is 326 g/mol. The Labute approximate surface area is 134 Å². The van der Waals surface area contributed by atoms with Crippen molar-refractivity contribution in [2.75, 3.05) is 0 Å². The highest BCUT2D eigenvalue weighted by Crippen LogP contribution is 2.34. The van der Waals surface area contributed by atoms with Gasteiger partial charge < -0.3 is 9.52 Å². The summed E-state index contributed by atoms with van der Waals surface area (Å²) in [5.41, 5.74) is 2.14. The number of aromatic nitrogens is 1. The van der Waals surface area contributed by atoms with Crippen LogP contribution < -0.4 is 5.43 Å². The number of hydrazone groups is 1. The lowest BCUT2D eigenvalue weighted by Gasteiger charge is -2.04. The molecule has 120 valence electrons. The van der Waals surface area contributed by atoms with Crippen molar-refractivity contribution in [1.82, 2.24) is 10.4 Å². The number of phenols is 1. The van der Waals surface area contributed by atoms with E-state index >= 15 is 0 Å². The van der Waals surface area contributed by atoms with Gasteiger partial charge in [0.15, 0.2) is 5.76 Å². The van der Waals surface area contributed by atoms with Crippen LogP contribution in [-0.4, -0.2) is 27.1 Å². The number of nitro groups is 1. The number of benzene rings is 1. The van der Waals surface area contributed by atoms with Gasteiger partial charge in [0.1, 0.15) is 5.52 Å². The first-order valence-corrected chi connectivity index (χ1v) is 6.70. The average molecular weight is 326 g/mol. The number of furan rings is 1. The summed E-state index contributed by atoms with van der Waals surface area (Å²) in [5, 5.41) is 25.2. The molecule has 9 nitrogen and oxygen atoms in total. The van der Waals surface area contributed by atoms with Crippen molar-refractivity contribution >= 4 is 28.7 Å². The molecular weight excluding hydrogens is 316 g/mol. The molecule has 2 aromatic heterocycles. The molecule has 2 heterocycles. The van der Waals surface area contributed by atoms with Crippen molar-refractivity contribution in [3.63, 3.8) is 0 Å². The van der Waals surface area contributed by atoms with E-state index in [2.05, 4.69) is 15.5 Å². The fourth-order valence-corrected chi connectivity index (χ4v) is 2.11. The van der Waals surface area contributed by atoms with E-state index in [1.165, 1.54) is 24.7 Å². The topological polar surface area (TPSA) is 131 Å². The number of hydrogen-bond donors (Lipinski definition) is 2. The number of phenolic OH excluding ortho intramolecular Hbond substituents is 1. The van der Waals surface area contributed by atoms with Gasteiger partial charge in [0.25, 0.3) is 0 Å². The minimum absolute atomic E-state index is 0.0745. The second-order valence-corrected chi connectivity index (χ2v) is 4.67. The molecule has 0 unspecified atom stereocenters. The summed E-state index contributed by atoms with van der Waals surface area (Å²) in [6.07, 6.45) is 3.99. The number of nitrogens with one attached hydrogen (secondary N) is 1. The Balaban J connectivity index is 1.96. The molecule has 2 N–H and O–H groups in total. The highest BCUT2D eigenvalue weighted by atomic mass is 16.6. The van der Waals surface area contributed by atoms with Crippen LogP contribution in [0.15, 0.2) is 52.3 Å². The normalized spacial score (nSPS) is 11.0. The third-order valence-electron chi connectivity index (χ3n) is 3.19. The molecule has 0 atom stereocenters. The Morgan fingerprint density at radius 3 is 2.96 bits per heavy atom. The van der Waals surface area contributed by atoms with Gasteiger partial charge in [-0.15, -0.1) is 0 Å². The van der Waals surface area contributed by atoms with Gasteiger partial charge in [-0.1, -0.05) is 6.07 Å². The van der Waals surface area contributed by atoms with Crippen molar-refractivity contribution in [1.29, 1.82) is 0 Å². The van der Waals surface area contributed by atoms with E-state index < -0.39 is 22.3 Å². The smallest absolute Gasteiger partial charge is 0.313 e. The summed E-state index contributed by atoms with van der Waals surface area (Å²) in [5.74, 6) is -1.00. The van der Waals surface area contributed by atoms with Crippen LogP contribution in [0, 0.1) is 10.1 Å². The van der Waals surface area contributed by atoms with Gasteiger partial charge in [-0.2, -0.15) is 5.10 Å². The number of carbonyl (C=O) groups excluding carboxylic acids is 1. The molecule has 0 radical (unpaired) electrons. The average Bonchev–Trinajstić information content (AvgIpc) is 3.11. The van der Waals surface area contributed by atoms with E-state index in [4.69, 9.17) is 4.42 Å². The Bertz CT molecular complexity index is 950. The highest BCUT2D eigenvalue weighted by Gasteiger charge is 2.19. The van der Waals surface area contributed by atoms with E-state index in [0.717, 1.165) is 6.07 Å². The number of carbonyl (C=O) groups is 1. The van der Waals surface area contributed by atoms with Gasteiger partial charge in [-0.05, 0) is 18.2 Å². The molecular formula is C15H10N4O5. The molecule has 0 saturated heterocycles. The summed E-state index contributed by atoms with van der Waals surface area (Å²) in [4.78, 5) is 26.0. The molecule has 0 aliphatic rings. The van der Waals surface area contributed by atoms with Gasteiger partial charge >= 0.3 is 11.6 Å². The lowest BCUT2D eigenvalue weighted by atomic mass is 10.1. The number of pyridine rings is 1. The SMILES string of the molecule is O=C(N/N=C\c1cc([N+](=O)[O-])c(O)c2ncccc12)c1ccco1. The molecule has 0 aliphatic carbocycles. The first kappa shape index (κ1) is 15.2. The van der Waals surface area contributed by atoms with Crippen molar-refractivity contribution in [2.24, 2.45) is 5.10 Å². The molecule has 3 rings (SSSR count). The summed E-state index contributed by atoms with van der Waals surface area (Å²) < 4.78 is 4.92. The fourth-order valence-electron chi connectivity index (χ4n) is 2.11. The van der Waals surface area contributed by atoms with E-state index in [-0.39, 0.29) is 11.3 Å². The maximum Gasteiger partial charge on any atom is 0.313 e. The molecule has 24 heavy (non-hydrogen) atoms. The molecule has 3 aromatic rings. The minimum Gasteiger partial charge on any atom is -0.501 e. The Kier molecular flexibility index (Phi) is 3.89. The Hall–Kier alpha value is -3.75. The van der Waals surface area contributed by atoms with Gasteiger partial charge in [0.05, 0.1) is 17.4 Å². The summed E-state index contributed by atoms with van der Waals surface area (Å²) >= 11 is 0. The van der Waals surface area contributed by atoms with Crippen LogP contribution in [0.2, 0.25) is 0 Å². The first-order chi connectivity index (χ1) is 11.6. The van der Waals surface area contributed by atoms with Gasteiger partial charge in [0, 0.05) is 23.2 Å². The standard InChI is InChI=1S/C15H10N4O5/c20-14-11(19(22)23)7-9(10-3-1-5-16-13(10)14)8-17-18-15(21)12-4-2-6-24-12/h1-8,20H,(H,18,21)/b17-8-. The number of nitrogens with zero attached hydrogens (tertiary/aromatic N) is 3. The molecule has 9 heteroatoms. The van der Waals surface area contributed by atoms with E-state index in [1.807, 2.05) is 0 Å². The maximum atomic E-state index is 11.7. The molecule has 0 bridgehead atoms. The molecule has 1 amide bonds. The lowest BCUT2D eigenvalue weighted by Crippen LogP contribution is -2.16. The van der Waals surface area contributed by atoms with Gasteiger partial charge in [-0.25, -0.2) is 5.43 Å². The van der Waals surface area contributed by atoms with Crippen LogP contribution in [0.1, 0.15) is 16.1 Å². The fraction of sp³-hybridized carbons (Fsp3) is 0. The zero-order valence-corrected chi connectivity index (χ0v) is 12.0. The molecule has 0 saturated carbocycles.